The predicted octanol–water partition coefficient (Wildman–Crippen LogP) is 1.26. The van der Waals surface area contributed by atoms with Crippen LogP contribution in [0.15, 0.2) is 48.9 Å². The Labute approximate surface area is 157 Å². The van der Waals surface area contributed by atoms with E-state index in [9.17, 15) is 4.79 Å². The van der Waals surface area contributed by atoms with E-state index < -0.39 is 0 Å². The van der Waals surface area contributed by atoms with Crippen LogP contribution in [0.2, 0.25) is 0 Å². The van der Waals surface area contributed by atoms with E-state index in [4.69, 9.17) is 0 Å². The van der Waals surface area contributed by atoms with E-state index in [0.717, 1.165) is 43.2 Å². The molecule has 0 radical (unpaired) electrons. The molecule has 1 aliphatic rings. The maximum atomic E-state index is 12.6. The summed E-state index contributed by atoms with van der Waals surface area (Å²) in [5, 5.41) is 11.1. The van der Waals surface area contributed by atoms with E-state index in [2.05, 4.69) is 38.4 Å². The van der Waals surface area contributed by atoms with Crippen LogP contribution in [0, 0.1) is 6.92 Å². The molecule has 0 N–H and O–H groups in total. The zero-order valence-corrected chi connectivity index (χ0v) is 15.2. The summed E-state index contributed by atoms with van der Waals surface area (Å²) in [6.45, 7) is 5.12. The highest BCUT2D eigenvalue weighted by Crippen LogP contribution is 2.18. The number of amides is 1. The molecule has 138 valence electrons. The van der Waals surface area contributed by atoms with Gasteiger partial charge in [0.15, 0.2) is 0 Å². The van der Waals surface area contributed by atoms with Crippen molar-refractivity contribution in [3.63, 3.8) is 0 Å². The minimum atomic E-state index is 0.155. The molecule has 0 atom stereocenters. The van der Waals surface area contributed by atoms with Gasteiger partial charge in [0, 0.05) is 32.4 Å². The molecule has 8 nitrogen and oxygen atoms in total. The number of anilines is 1. The molecule has 3 heterocycles. The summed E-state index contributed by atoms with van der Waals surface area (Å²) in [6, 6.07) is 11.7. The van der Waals surface area contributed by atoms with Crippen LogP contribution in [0.25, 0.3) is 5.69 Å². The van der Waals surface area contributed by atoms with Crippen LogP contribution in [0.3, 0.4) is 0 Å². The van der Waals surface area contributed by atoms with Gasteiger partial charge >= 0.3 is 0 Å². The monoisotopic (exact) mass is 363 g/mol. The summed E-state index contributed by atoms with van der Waals surface area (Å²) in [7, 11) is 0. The van der Waals surface area contributed by atoms with Crippen LogP contribution in [-0.2, 0) is 11.2 Å². The van der Waals surface area contributed by atoms with Crippen LogP contribution >= 0.6 is 0 Å². The van der Waals surface area contributed by atoms with Crippen molar-refractivity contribution >= 4 is 11.7 Å². The zero-order chi connectivity index (χ0) is 18.6. The largest absolute Gasteiger partial charge is 0.353 e. The Morgan fingerprint density at radius 1 is 1.07 bits per heavy atom. The van der Waals surface area contributed by atoms with Crippen LogP contribution in [0.4, 0.5) is 5.82 Å². The summed E-state index contributed by atoms with van der Waals surface area (Å²) in [4.78, 5) is 21.3. The molecule has 0 aliphatic carbocycles. The third-order valence-electron chi connectivity index (χ3n) is 4.82. The Balaban J connectivity index is 1.34. The van der Waals surface area contributed by atoms with Crippen LogP contribution in [-0.4, -0.2) is 62.2 Å². The number of piperazine rings is 1. The summed E-state index contributed by atoms with van der Waals surface area (Å²) >= 11 is 0. The number of pyridine rings is 1. The lowest BCUT2D eigenvalue weighted by Crippen LogP contribution is -2.49. The van der Waals surface area contributed by atoms with Crippen molar-refractivity contribution in [1.82, 2.24) is 30.1 Å². The fourth-order valence-electron chi connectivity index (χ4n) is 3.31. The molecular weight excluding hydrogens is 342 g/mol. The molecule has 0 spiro atoms. The second kappa shape index (κ2) is 7.53. The van der Waals surface area contributed by atoms with Crippen molar-refractivity contribution in [3.8, 4) is 5.69 Å². The Kier molecular flexibility index (Phi) is 4.78. The van der Waals surface area contributed by atoms with Gasteiger partial charge in [-0.05, 0) is 46.7 Å². The van der Waals surface area contributed by atoms with E-state index in [-0.39, 0.29) is 5.91 Å². The third-order valence-corrected chi connectivity index (χ3v) is 4.82. The number of carbonyl (C=O) groups excluding carboxylic acids is 1. The maximum absolute atomic E-state index is 12.6. The fourth-order valence-corrected chi connectivity index (χ4v) is 3.31. The predicted molar refractivity (Wildman–Crippen MR) is 101 cm³/mol. The summed E-state index contributed by atoms with van der Waals surface area (Å²) < 4.78 is 1.59. The summed E-state index contributed by atoms with van der Waals surface area (Å²) in [6.07, 6.45) is 3.76. The van der Waals surface area contributed by atoms with Crippen molar-refractivity contribution in [2.24, 2.45) is 0 Å². The first-order chi connectivity index (χ1) is 13.2. The lowest BCUT2D eigenvalue weighted by Gasteiger charge is -2.36. The molecule has 4 rings (SSSR count). The van der Waals surface area contributed by atoms with Crippen molar-refractivity contribution < 1.29 is 4.79 Å². The van der Waals surface area contributed by atoms with E-state index in [0.29, 0.717) is 6.42 Å². The van der Waals surface area contributed by atoms with Crippen LogP contribution in [0.5, 0.6) is 0 Å². The van der Waals surface area contributed by atoms with Gasteiger partial charge in [-0.3, -0.25) is 4.79 Å². The smallest absolute Gasteiger partial charge is 0.227 e. The lowest BCUT2D eigenvalue weighted by atomic mass is 10.1. The van der Waals surface area contributed by atoms with Crippen LogP contribution < -0.4 is 4.90 Å². The Hall–Kier alpha value is -3.29. The molecule has 27 heavy (non-hydrogen) atoms. The molecule has 0 bridgehead atoms. The quantitative estimate of drug-likeness (QED) is 0.694. The first-order valence-electron chi connectivity index (χ1n) is 8.97. The Morgan fingerprint density at radius 2 is 1.85 bits per heavy atom. The highest BCUT2D eigenvalue weighted by molar-refractivity contribution is 5.79. The van der Waals surface area contributed by atoms with Crippen molar-refractivity contribution in [2.75, 3.05) is 31.1 Å². The molecule has 1 aliphatic heterocycles. The van der Waals surface area contributed by atoms with Crippen molar-refractivity contribution in [2.45, 2.75) is 13.3 Å². The number of tetrazole rings is 1. The van der Waals surface area contributed by atoms with Gasteiger partial charge in [0.1, 0.15) is 12.1 Å². The van der Waals surface area contributed by atoms with Crippen molar-refractivity contribution in [1.29, 1.82) is 0 Å². The third kappa shape index (κ3) is 3.79. The number of nitrogens with zero attached hydrogens (tertiary/aromatic N) is 7. The first kappa shape index (κ1) is 17.1. The van der Waals surface area contributed by atoms with Gasteiger partial charge in [0.2, 0.25) is 5.91 Å². The molecular formula is C19H21N7O. The second-order valence-corrected chi connectivity index (χ2v) is 6.61. The molecule has 1 aromatic carbocycles. The summed E-state index contributed by atoms with van der Waals surface area (Å²) in [5.74, 6) is 1.17. The number of aromatic nitrogens is 5. The standard InChI is InChI=1S/C19H21N7O/c1-15-3-2-8-20-19(15)25-11-9-24(10-12-25)18(27)13-16-4-6-17(7-5-16)26-14-21-22-23-26/h2-8,14H,9-13H2,1H3. The van der Waals surface area contributed by atoms with E-state index in [1.165, 1.54) is 5.56 Å². The maximum Gasteiger partial charge on any atom is 0.227 e. The van der Waals surface area contributed by atoms with Gasteiger partial charge < -0.3 is 9.80 Å². The Bertz CT molecular complexity index is 900. The van der Waals surface area contributed by atoms with Gasteiger partial charge in [-0.1, -0.05) is 18.2 Å². The average molecular weight is 363 g/mol. The van der Waals surface area contributed by atoms with Gasteiger partial charge in [0.05, 0.1) is 12.1 Å². The van der Waals surface area contributed by atoms with Crippen molar-refractivity contribution in [3.05, 3.63) is 60.0 Å². The van der Waals surface area contributed by atoms with E-state index in [1.54, 1.807) is 11.0 Å². The number of benzene rings is 1. The number of carbonyl (C=O) groups is 1. The number of hydrogen-bond donors (Lipinski definition) is 0. The zero-order valence-electron chi connectivity index (χ0n) is 15.2. The minimum absolute atomic E-state index is 0.155. The van der Waals surface area contributed by atoms with Crippen LogP contribution in [0.1, 0.15) is 11.1 Å². The summed E-state index contributed by atoms with van der Waals surface area (Å²) in [5.41, 5.74) is 3.02. The molecule has 8 heteroatoms. The number of hydrogen-bond acceptors (Lipinski definition) is 6. The van der Waals surface area contributed by atoms with E-state index >= 15 is 0 Å². The van der Waals surface area contributed by atoms with Gasteiger partial charge in [0.25, 0.3) is 0 Å². The molecule has 1 amide bonds. The SMILES string of the molecule is Cc1cccnc1N1CCN(C(=O)Cc2ccc(-n3cnnn3)cc2)CC1. The fraction of sp³-hybridized carbons (Fsp3) is 0.316. The topological polar surface area (TPSA) is 80.0 Å². The average Bonchev–Trinajstić information content (AvgIpc) is 3.24. The van der Waals surface area contributed by atoms with E-state index in [1.807, 2.05) is 41.4 Å². The highest BCUT2D eigenvalue weighted by Gasteiger charge is 2.22. The normalized spacial score (nSPS) is 14.4. The van der Waals surface area contributed by atoms with Gasteiger partial charge in [-0.2, -0.15) is 0 Å². The molecule has 0 unspecified atom stereocenters. The lowest BCUT2D eigenvalue weighted by molar-refractivity contribution is -0.130. The molecule has 3 aromatic rings. The first-order valence-corrected chi connectivity index (χ1v) is 8.97. The van der Waals surface area contributed by atoms with Gasteiger partial charge in [-0.25, -0.2) is 9.67 Å². The highest BCUT2D eigenvalue weighted by atomic mass is 16.2. The molecule has 2 aromatic heterocycles. The minimum Gasteiger partial charge on any atom is -0.353 e. The molecule has 1 fully saturated rings. The second-order valence-electron chi connectivity index (χ2n) is 6.61. The van der Waals surface area contributed by atoms with Gasteiger partial charge in [-0.15, -0.1) is 5.10 Å². The molecule has 0 saturated carbocycles. The number of aryl methyl sites for hydroxylation is 1. The Morgan fingerprint density at radius 3 is 2.52 bits per heavy atom. The molecule has 1 saturated heterocycles. The number of rotatable bonds is 4.